The van der Waals surface area contributed by atoms with Crippen molar-refractivity contribution in [1.29, 1.82) is 0 Å². The minimum Gasteiger partial charge on any atom is -0.533 e. The van der Waals surface area contributed by atoms with Crippen molar-refractivity contribution < 1.29 is 51.0 Å². The molecule has 2 aromatic rings. The Kier molecular flexibility index (Phi) is 5.75. The molecule has 0 saturated carbocycles. The number of nitrogens with zero attached hydrogens (tertiary/aromatic N) is 2. The van der Waals surface area contributed by atoms with Crippen LogP contribution in [0.3, 0.4) is 0 Å². The van der Waals surface area contributed by atoms with Gasteiger partial charge in [-0.2, -0.15) is 25.3 Å². The molecule has 22 heavy (non-hydrogen) atoms. The Labute approximate surface area is 154 Å². The van der Waals surface area contributed by atoms with Gasteiger partial charge >= 0.3 is 6.18 Å². The van der Waals surface area contributed by atoms with E-state index in [-0.39, 0.29) is 48.9 Å². The molecular weight excluding hydrogens is 394 g/mol. The Morgan fingerprint density at radius 2 is 1.91 bits per heavy atom. The second kappa shape index (κ2) is 6.64. The molecule has 0 aliphatic carbocycles. The number of hydrogen-bond acceptors (Lipinski definition) is 3. The fourth-order valence-electron chi connectivity index (χ4n) is 1.79. The third kappa shape index (κ3) is 3.50. The van der Waals surface area contributed by atoms with E-state index in [9.17, 15) is 23.1 Å². The summed E-state index contributed by atoms with van der Waals surface area (Å²) in [6, 6.07) is 5.80. The standard InChI is InChI=1S/C13H10F3N2O2S.Y/c1-7-3-4-8(5-9(7)19)18-11(20)6-10(13(14,15)16)17(2)12(18)21;/h3,5-6,19H,1-2H3;/q-1;. The van der Waals surface area contributed by atoms with Gasteiger partial charge in [0, 0.05) is 51.6 Å². The molecule has 0 bridgehead atoms. The first-order valence-electron chi connectivity index (χ1n) is 5.75. The summed E-state index contributed by atoms with van der Waals surface area (Å²) in [5.74, 6) is -0.104. The Balaban J connectivity index is 0.00000242. The van der Waals surface area contributed by atoms with Crippen molar-refractivity contribution >= 4 is 12.2 Å². The van der Waals surface area contributed by atoms with Gasteiger partial charge in [0.2, 0.25) is 0 Å². The minimum atomic E-state index is -4.68. The van der Waals surface area contributed by atoms with E-state index in [1.807, 2.05) is 0 Å². The van der Waals surface area contributed by atoms with Gasteiger partial charge in [-0.25, -0.2) is 0 Å². The van der Waals surface area contributed by atoms with Crippen molar-refractivity contribution in [2.75, 3.05) is 0 Å². The smallest absolute Gasteiger partial charge is 0.431 e. The second-order valence-electron chi connectivity index (χ2n) is 4.43. The van der Waals surface area contributed by atoms with E-state index in [0.29, 0.717) is 16.2 Å². The molecule has 9 heteroatoms. The minimum absolute atomic E-state index is 0. The zero-order valence-corrected chi connectivity index (χ0v) is 15.3. The first-order valence-corrected chi connectivity index (χ1v) is 6.15. The molecule has 0 amide bonds. The van der Waals surface area contributed by atoms with Gasteiger partial charge in [-0.15, -0.1) is 11.6 Å². The predicted molar refractivity (Wildman–Crippen MR) is 72.1 cm³/mol. The molecule has 1 N–H and O–H groups in total. The molecule has 4 nitrogen and oxygen atoms in total. The molecule has 0 unspecified atom stereocenters. The van der Waals surface area contributed by atoms with Crippen LogP contribution in [0.4, 0.5) is 13.2 Å². The molecule has 0 saturated heterocycles. The maximum Gasteiger partial charge on any atom is 0.431 e. The van der Waals surface area contributed by atoms with Crippen LogP contribution in [0.2, 0.25) is 0 Å². The average molecular weight is 404 g/mol. The van der Waals surface area contributed by atoms with Crippen LogP contribution in [0, 0.1) is 17.8 Å². The molecule has 115 valence electrons. The first kappa shape index (κ1) is 19.1. The summed E-state index contributed by atoms with van der Waals surface area (Å²) in [5.41, 5.74) is -1.47. The Morgan fingerprint density at radius 3 is 2.41 bits per heavy atom. The zero-order valence-electron chi connectivity index (χ0n) is 11.6. The molecule has 0 aliphatic rings. The van der Waals surface area contributed by atoms with Crippen LogP contribution >= 0.6 is 12.2 Å². The third-order valence-electron chi connectivity index (χ3n) is 2.97. The average Bonchev–Trinajstić information content (AvgIpc) is 2.37. The number of phenols is 1. The molecule has 2 rings (SSSR count). The Bertz CT molecular complexity index is 828. The van der Waals surface area contributed by atoms with Gasteiger partial charge in [0.15, 0.2) is 4.77 Å². The quantitative estimate of drug-likeness (QED) is 0.588. The van der Waals surface area contributed by atoms with Crippen molar-refractivity contribution in [3.63, 3.8) is 0 Å². The summed E-state index contributed by atoms with van der Waals surface area (Å²) in [6.07, 6.45) is -4.68. The van der Waals surface area contributed by atoms with Crippen LogP contribution < -0.4 is 5.56 Å². The molecular formula is C13H10F3N2O2SY-. The van der Waals surface area contributed by atoms with Gasteiger partial charge in [-0.1, -0.05) is 12.6 Å². The molecule has 1 heterocycles. The molecule has 0 aliphatic heterocycles. The van der Waals surface area contributed by atoms with Gasteiger partial charge < -0.3 is 9.67 Å². The number of rotatable bonds is 1. The summed E-state index contributed by atoms with van der Waals surface area (Å²) in [5, 5.41) is 9.64. The largest absolute Gasteiger partial charge is 0.533 e. The third-order valence-corrected chi connectivity index (χ3v) is 3.42. The number of aromatic nitrogens is 2. The van der Waals surface area contributed by atoms with E-state index in [1.165, 1.54) is 12.1 Å². The van der Waals surface area contributed by atoms with Gasteiger partial charge in [0.05, 0.1) is 0 Å². The van der Waals surface area contributed by atoms with E-state index >= 15 is 0 Å². The predicted octanol–water partition coefficient (Wildman–Crippen LogP) is 2.74. The number of benzene rings is 1. The normalized spacial score (nSPS) is 11.1. The van der Waals surface area contributed by atoms with Crippen molar-refractivity contribution in [3.8, 4) is 11.4 Å². The van der Waals surface area contributed by atoms with Crippen molar-refractivity contribution in [1.82, 2.24) is 9.13 Å². The van der Waals surface area contributed by atoms with Crippen LogP contribution in [0.25, 0.3) is 5.69 Å². The molecule has 1 aromatic heterocycles. The number of aromatic hydroxyl groups is 1. The van der Waals surface area contributed by atoms with E-state index in [4.69, 9.17) is 12.2 Å². The van der Waals surface area contributed by atoms with E-state index in [2.05, 4.69) is 6.07 Å². The summed E-state index contributed by atoms with van der Waals surface area (Å²) < 4.78 is 39.6. The molecule has 0 spiro atoms. The van der Waals surface area contributed by atoms with Crippen LogP contribution in [0.5, 0.6) is 5.75 Å². The number of phenolic OH excluding ortho intramolecular Hbond substituents is 1. The van der Waals surface area contributed by atoms with Gasteiger partial charge in [-0.05, 0) is 12.2 Å². The monoisotopic (exact) mass is 404 g/mol. The maximum absolute atomic E-state index is 12.8. The van der Waals surface area contributed by atoms with E-state index in [1.54, 1.807) is 6.92 Å². The molecule has 0 fully saturated rings. The molecule has 1 radical (unpaired) electrons. The fraction of sp³-hybridized carbons (Fsp3) is 0.231. The topological polar surface area (TPSA) is 47.2 Å². The van der Waals surface area contributed by atoms with Gasteiger partial charge in [-0.3, -0.25) is 9.36 Å². The van der Waals surface area contributed by atoms with Crippen molar-refractivity contribution in [3.05, 3.63) is 50.6 Å². The number of halogens is 3. The van der Waals surface area contributed by atoms with Crippen LogP contribution in [-0.2, 0) is 45.9 Å². The number of aryl methyl sites for hydroxylation is 1. The fourth-order valence-corrected chi connectivity index (χ4v) is 2.08. The van der Waals surface area contributed by atoms with Gasteiger partial charge in [0.25, 0.3) is 5.56 Å². The SMILES string of the molecule is Cc1c[c-]c(-n2c(=O)cc(C(F)(F)F)n(C)c2=S)cc1O.[Y]. The number of hydrogen-bond donors (Lipinski definition) is 1. The van der Waals surface area contributed by atoms with Crippen molar-refractivity contribution in [2.45, 2.75) is 13.1 Å². The maximum atomic E-state index is 12.8. The van der Waals surface area contributed by atoms with Crippen LogP contribution in [0.15, 0.2) is 23.0 Å². The van der Waals surface area contributed by atoms with E-state index in [0.717, 1.165) is 11.6 Å². The zero-order chi connectivity index (χ0) is 15.9. The Morgan fingerprint density at radius 1 is 1.32 bits per heavy atom. The van der Waals surface area contributed by atoms with Crippen LogP contribution in [-0.4, -0.2) is 14.2 Å². The summed E-state index contributed by atoms with van der Waals surface area (Å²) in [6.45, 7) is 1.62. The molecule has 1 aromatic carbocycles. The first-order chi connectivity index (χ1) is 9.62. The molecule has 0 atom stereocenters. The summed E-state index contributed by atoms with van der Waals surface area (Å²) in [7, 11) is 1.12. The van der Waals surface area contributed by atoms with E-state index < -0.39 is 17.4 Å². The second-order valence-corrected chi connectivity index (χ2v) is 4.79. The Hall–Kier alpha value is -0.986. The van der Waals surface area contributed by atoms with Crippen LogP contribution in [0.1, 0.15) is 11.3 Å². The number of alkyl halides is 3. The van der Waals surface area contributed by atoms with Gasteiger partial charge in [0.1, 0.15) is 5.69 Å². The summed E-state index contributed by atoms with van der Waals surface area (Å²) in [4.78, 5) is 11.9. The summed E-state index contributed by atoms with van der Waals surface area (Å²) >= 11 is 4.92. The van der Waals surface area contributed by atoms with Crippen molar-refractivity contribution in [2.24, 2.45) is 7.05 Å².